The molecule has 1 atom stereocenters. The van der Waals surface area contributed by atoms with Crippen molar-refractivity contribution >= 4 is 5.78 Å². The number of carbonyl (C=O) groups excluding carboxylic acids is 1. The molecule has 2 rings (SSSR count). The largest absolute Gasteiger partial charge is 0.299 e. The maximum Gasteiger partial charge on any atom is 0.140 e. The van der Waals surface area contributed by atoms with E-state index in [0.29, 0.717) is 5.78 Å². The van der Waals surface area contributed by atoms with Gasteiger partial charge in [0.2, 0.25) is 0 Å². The summed E-state index contributed by atoms with van der Waals surface area (Å²) in [7, 11) is 0. The molecule has 12 heavy (non-hydrogen) atoms. The fraction of sp³-hybridized carbons (Fsp3) is 0.727. The molecule has 0 bridgehead atoms. The van der Waals surface area contributed by atoms with Crippen LogP contribution in [0.15, 0.2) is 11.1 Å². The van der Waals surface area contributed by atoms with E-state index in [1.165, 1.54) is 31.3 Å². The lowest BCUT2D eigenvalue weighted by Gasteiger charge is -2.28. The van der Waals surface area contributed by atoms with E-state index in [-0.39, 0.29) is 5.92 Å². The fourth-order valence-corrected chi connectivity index (χ4v) is 2.48. The molecule has 0 aromatic rings. The van der Waals surface area contributed by atoms with Gasteiger partial charge in [-0.3, -0.25) is 4.79 Å². The van der Waals surface area contributed by atoms with Gasteiger partial charge in [0.05, 0.1) is 0 Å². The zero-order valence-corrected chi connectivity index (χ0v) is 7.73. The molecule has 2 aliphatic rings. The van der Waals surface area contributed by atoms with Crippen LogP contribution in [0.4, 0.5) is 0 Å². The minimum Gasteiger partial charge on any atom is -0.299 e. The van der Waals surface area contributed by atoms with Crippen molar-refractivity contribution in [3.63, 3.8) is 0 Å². The van der Waals surface area contributed by atoms with Crippen molar-refractivity contribution < 1.29 is 4.79 Å². The normalized spacial score (nSPS) is 30.4. The number of hydrogen-bond acceptors (Lipinski definition) is 1. The van der Waals surface area contributed by atoms with Gasteiger partial charge >= 0.3 is 0 Å². The highest BCUT2D eigenvalue weighted by molar-refractivity contribution is 5.85. The zero-order valence-electron chi connectivity index (χ0n) is 7.73. The summed E-state index contributed by atoms with van der Waals surface area (Å²) in [6.07, 6.45) is 6.99. The number of rotatable bonds is 0. The van der Waals surface area contributed by atoms with Gasteiger partial charge in [-0.15, -0.1) is 0 Å². The van der Waals surface area contributed by atoms with Crippen LogP contribution in [0.3, 0.4) is 0 Å². The van der Waals surface area contributed by atoms with Crippen LogP contribution in [0.1, 0.15) is 45.4 Å². The molecule has 0 aromatic heterocycles. The molecule has 0 fully saturated rings. The van der Waals surface area contributed by atoms with Crippen LogP contribution in [-0.2, 0) is 4.79 Å². The highest BCUT2D eigenvalue weighted by Gasteiger charge is 2.27. The average Bonchev–Trinajstić information content (AvgIpc) is 2.12. The Morgan fingerprint density at radius 2 is 1.83 bits per heavy atom. The first-order chi connectivity index (χ1) is 5.79. The molecule has 0 radical (unpaired) electrons. The van der Waals surface area contributed by atoms with Gasteiger partial charge < -0.3 is 0 Å². The van der Waals surface area contributed by atoms with E-state index in [0.717, 1.165) is 12.8 Å². The Hall–Kier alpha value is -0.590. The smallest absolute Gasteiger partial charge is 0.140 e. The minimum atomic E-state index is 0.258. The summed E-state index contributed by atoms with van der Waals surface area (Å²) in [6.45, 7) is 2.09. The average molecular weight is 164 g/mol. The lowest BCUT2D eigenvalue weighted by molar-refractivity contribution is -0.121. The maximum absolute atomic E-state index is 11.4. The monoisotopic (exact) mass is 164 g/mol. The topological polar surface area (TPSA) is 17.1 Å². The Labute approximate surface area is 73.8 Å². The van der Waals surface area contributed by atoms with Gasteiger partial charge in [-0.05, 0) is 32.1 Å². The van der Waals surface area contributed by atoms with Crippen molar-refractivity contribution in [1.82, 2.24) is 0 Å². The van der Waals surface area contributed by atoms with Crippen LogP contribution in [0.5, 0.6) is 0 Å². The van der Waals surface area contributed by atoms with E-state index < -0.39 is 0 Å². The van der Waals surface area contributed by atoms with Gasteiger partial charge in [0, 0.05) is 12.3 Å². The lowest BCUT2D eigenvalue weighted by atomic mass is 9.76. The van der Waals surface area contributed by atoms with Gasteiger partial charge in [-0.2, -0.15) is 0 Å². The lowest BCUT2D eigenvalue weighted by Crippen LogP contribution is -2.22. The first-order valence-electron chi connectivity index (χ1n) is 5.02. The van der Waals surface area contributed by atoms with Crippen LogP contribution in [-0.4, -0.2) is 5.78 Å². The van der Waals surface area contributed by atoms with Crippen LogP contribution in [0.25, 0.3) is 0 Å². The van der Waals surface area contributed by atoms with E-state index in [1.54, 1.807) is 5.57 Å². The van der Waals surface area contributed by atoms with Crippen molar-refractivity contribution in [2.24, 2.45) is 5.92 Å². The van der Waals surface area contributed by atoms with Crippen LogP contribution < -0.4 is 0 Å². The SMILES string of the molecule is CC1C(=O)CCC2=C1CCCC2. The van der Waals surface area contributed by atoms with Gasteiger partial charge in [0.25, 0.3) is 0 Å². The van der Waals surface area contributed by atoms with Crippen LogP contribution in [0.2, 0.25) is 0 Å². The van der Waals surface area contributed by atoms with Crippen LogP contribution in [0, 0.1) is 5.92 Å². The molecule has 0 amide bonds. The van der Waals surface area contributed by atoms with Crippen molar-refractivity contribution in [2.45, 2.75) is 45.4 Å². The number of ketones is 1. The molecule has 0 spiro atoms. The fourth-order valence-electron chi connectivity index (χ4n) is 2.48. The summed E-state index contributed by atoms with van der Waals surface area (Å²) in [5, 5.41) is 0. The number of hydrogen-bond donors (Lipinski definition) is 0. The minimum absolute atomic E-state index is 0.258. The second kappa shape index (κ2) is 3.04. The van der Waals surface area contributed by atoms with Crippen LogP contribution >= 0.6 is 0 Å². The number of Topliss-reactive ketones (excluding diaryl/α,β-unsaturated/α-hetero) is 1. The number of allylic oxidation sites excluding steroid dienone is 2. The zero-order chi connectivity index (χ0) is 8.55. The second-order valence-corrected chi connectivity index (χ2v) is 4.02. The molecule has 0 saturated heterocycles. The maximum atomic E-state index is 11.4. The van der Waals surface area contributed by atoms with Crippen molar-refractivity contribution in [1.29, 1.82) is 0 Å². The molecule has 1 nitrogen and oxygen atoms in total. The quantitative estimate of drug-likeness (QED) is 0.503. The molecule has 0 saturated carbocycles. The van der Waals surface area contributed by atoms with E-state index in [2.05, 4.69) is 6.92 Å². The van der Waals surface area contributed by atoms with Gasteiger partial charge in [-0.25, -0.2) is 0 Å². The third-order valence-corrected chi connectivity index (χ3v) is 3.31. The first-order valence-corrected chi connectivity index (χ1v) is 5.02. The molecule has 0 aliphatic heterocycles. The molecule has 0 N–H and O–H groups in total. The van der Waals surface area contributed by atoms with Gasteiger partial charge in [-0.1, -0.05) is 18.1 Å². The predicted molar refractivity (Wildman–Crippen MR) is 48.9 cm³/mol. The second-order valence-electron chi connectivity index (χ2n) is 4.02. The molecule has 2 aliphatic carbocycles. The van der Waals surface area contributed by atoms with Gasteiger partial charge in [0.15, 0.2) is 0 Å². The highest BCUT2D eigenvalue weighted by atomic mass is 16.1. The Morgan fingerprint density at radius 3 is 2.67 bits per heavy atom. The highest BCUT2D eigenvalue weighted by Crippen LogP contribution is 2.36. The standard InChI is InChI=1S/C11H16O/c1-8-10-5-3-2-4-9(10)6-7-11(8)12/h8H,2-7H2,1H3. The molecule has 0 heterocycles. The summed E-state index contributed by atoms with van der Waals surface area (Å²) in [5.41, 5.74) is 3.12. The summed E-state index contributed by atoms with van der Waals surface area (Å²) < 4.78 is 0. The van der Waals surface area contributed by atoms with Gasteiger partial charge in [0.1, 0.15) is 5.78 Å². The van der Waals surface area contributed by atoms with Crippen molar-refractivity contribution in [2.75, 3.05) is 0 Å². The summed E-state index contributed by atoms with van der Waals surface area (Å²) in [5.74, 6) is 0.727. The Bertz CT molecular complexity index is 237. The Morgan fingerprint density at radius 1 is 1.08 bits per heavy atom. The Kier molecular flexibility index (Phi) is 2.03. The first kappa shape index (κ1) is 8.03. The molecular formula is C11H16O. The molecule has 66 valence electrons. The summed E-state index contributed by atoms with van der Waals surface area (Å²) in [4.78, 5) is 11.4. The van der Waals surface area contributed by atoms with Crippen molar-refractivity contribution in [3.05, 3.63) is 11.1 Å². The third kappa shape index (κ3) is 1.21. The number of carbonyl (C=O) groups is 1. The summed E-state index contributed by atoms with van der Waals surface area (Å²) in [6, 6.07) is 0. The summed E-state index contributed by atoms with van der Waals surface area (Å²) >= 11 is 0. The van der Waals surface area contributed by atoms with E-state index in [4.69, 9.17) is 0 Å². The molecule has 0 aromatic carbocycles. The third-order valence-electron chi connectivity index (χ3n) is 3.31. The molecule has 1 heteroatoms. The van der Waals surface area contributed by atoms with Crippen molar-refractivity contribution in [3.8, 4) is 0 Å². The van der Waals surface area contributed by atoms with E-state index in [9.17, 15) is 4.79 Å². The molecule has 1 unspecified atom stereocenters. The molecular weight excluding hydrogens is 148 g/mol. The Balaban J connectivity index is 2.27. The van der Waals surface area contributed by atoms with E-state index in [1.807, 2.05) is 0 Å². The predicted octanol–water partition coefficient (Wildman–Crippen LogP) is 2.86. The van der Waals surface area contributed by atoms with E-state index >= 15 is 0 Å².